The number of rotatable bonds is 5. The maximum absolute atomic E-state index is 13.6. The zero-order valence-electron chi connectivity index (χ0n) is 16.7. The van der Waals surface area contributed by atoms with E-state index in [0.29, 0.717) is 23.2 Å². The molecule has 0 aliphatic heterocycles. The average molecular weight is 488 g/mol. The average Bonchev–Trinajstić information content (AvgIpc) is 2.74. The standard InChI is InChI=1S/C25H21BrF3NO/c26-24-21(13-11-19-20(25(27,28)29)12-14-22(31)23(19)24)30(15-17-7-3-1-4-8-17)16-18-9-5-2-6-10-18/h1-11,13,20H,12,14-16H2/t20-/m0/s1. The van der Waals surface area contributed by atoms with Crippen LogP contribution in [0.1, 0.15) is 45.8 Å². The highest BCUT2D eigenvalue weighted by Crippen LogP contribution is 2.47. The quantitative estimate of drug-likeness (QED) is 0.376. The molecule has 0 saturated carbocycles. The summed E-state index contributed by atoms with van der Waals surface area (Å²) in [7, 11) is 0. The molecule has 160 valence electrons. The van der Waals surface area contributed by atoms with E-state index in [1.54, 1.807) is 6.07 Å². The van der Waals surface area contributed by atoms with Crippen molar-refractivity contribution in [1.82, 2.24) is 0 Å². The fourth-order valence-electron chi connectivity index (χ4n) is 4.13. The topological polar surface area (TPSA) is 20.3 Å². The highest BCUT2D eigenvalue weighted by atomic mass is 79.9. The summed E-state index contributed by atoms with van der Waals surface area (Å²) in [6.45, 7) is 1.12. The zero-order valence-corrected chi connectivity index (χ0v) is 18.3. The van der Waals surface area contributed by atoms with Gasteiger partial charge in [0.2, 0.25) is 0 Å². The summed E-state index contributed by atoms with van der Waals surface area (Å²) in [6.07, 6.45) is -4.67. The second-order valence-corrected chi connectivity index (χ2v) is 8.54. The third-order valence-electron chi connectivity index (χ3n) is 5.64. The van der Waals surface area contributed by atoms with E-state index in [-0.39, 0.29) is 29.8 Å². The van der Waals surface area contributed by atoms with Gasteiger partial charge in [-0.05, 0) is 45.1 Å². The lowest BCUT2D eigenvalue weighted by Gasteiger charge is -2.31. The molecule has 6 heteroatoms. The SMILES string of the molecule is O=C1CC[C@H](C(F)(F)F)c2ccc(N(Cc3ccccc3)Cc3ccccc3)c(Br)c21. The van der Waals surface area contributed by atoms with Gasteiger partial charge in [-0.25, -0.2) is 0 Å². The fourth-order valence-corrected chi connectivity index (χ4v) is 4.96. The Morgan fingerprint density at radius 2 is 1.42 bits per heavy atom. The van der Waals surface area contributed by atoms with Crippen molar-refractivity contribution in [3.63, 3.8) is 0 Å². The molecule has 0 heterocycles. The molecule has 2 nitrogen and oxygen atoms in total. The van der Waals surface area contributed by atoms with Crippen molar-refractivity contribution in [2.45, 2.75) is 38.0 Å². The van der Waals surface area contributed by atoms with E-state index in [2.05, 4.69) is 20.8 Å². The molecule has 0 radical (unpaired) electrons. The van der Waals surface area contributed by atoms with Crippen LogP contribution in [0.5, 0.6) is 0 Å². The summed E-state index contributed by atoms with van der Waals surface area (Å²) in [5.41, 5.74) is 3.09. The van der Waals surface area contributed by atoms with E-state index in [1.165, 1.54) is 6.07 Å². The number of benzene rings is 3. The number of fused-ring (bicyclic) bond motifs is 1. The van der Waals surface area contributed by atoms with Gasteiger partial charge in [0.15, 0.2) is 5.78 Å². The summed E-state index contributed by atoms with van der Waals surface area (Å²) < 4.78 is 41.2. The molecule has 0 N–H and O–H groups in total. The van der Waals surface area contributed by atoms with Crippen molar-refractivity contribution in [1.29, 1.82) is 0 Å². The first-order valence-corrected chi connectivity index (χ1v) is 10.9. The molecule has 1 atom stereocenters. The Morgan fingerprint density at radius 3 is 1.94 bits per heavy atom. The highest BCUT2D eigenvalue weighted by Gasteiger charge is 2.45. The van der Waals surface area contributed by atoms with Crippen LogP contribution >= 0.6 is 15.9 Å². The van der Waals surface area contributed by atoms with Crippen LogP contribution in [0.4, 0.5) is 18.9 Å². The Bertz CT molecular complexity index is 1030. The van der Waals surface area contributed by atoms with Crippen molar-refractivity contribution in [3.05, 3.63) is 99.5 Å². The van der Waals surface area contributed by atoms with Crippen LogP contribution in [0.2, 0.25) is 0 Å². The van der Waals surface area contributed by atoms with Gasteiger partial charge in [0.1, 0.15) is 0 Å². The molecule has 0 fully saturated rings. The van der Waals surface area contributed by atoms with Crippen LogP contribution in [-0.4, -0.2) is 12.0 Å². The lowest BCUT2D eigenvalue weighted by molar-refractivity contribution is -0.152. The molecule has 3 aromatic carbocycles. The van der Waals surface area contributed by atoms with Crippen LogP contribution in [0, 0.1) is 0 Å². The first-order chi connectivity index (χ1) is 14.8. The maximum atomic E-state index is 13.6. The van der Waals surface area contributed by atoms with Crippen LogP contribution < -0.4 is 4.90 Å². The third-order valence-corrected chi connectivity index (χ3v) is 6.44. The normalized spacial score (nSPS) is 16.1. The van der Waals surface area contributed by atoms with Crippen molar-refractivity contribution in [2.24, 2.45) is 0 Å². The van der Waals surface area contributed by atoms with Crippen molar-refractivity contribution in [3.8, 4) is 0 Å². The van der Waals surface area contributed by atoms with Crippen LogP contribution in [-0.2, 0) is 13.1 Å². The van der Waals surface area contributed by atoms with Crippen LogP contribution in [0.15, 0.2) is 77.3 Å². The Hall–Kier alpha value is -2.60. The minimum atomic E-state index is -4.37. The predicted molar refractivity (Wildman–Crippen MR) is 119 cm³/mol. The molecule has 4 rings (SSSR count). The Morgan fingerprint density at radius 1 is 0.871 bits per heavy atom. The Kier molecular flexibility index (Phi) is 6.19. The summed E-state index contributed by atoms with van der Waals surface area (Å²) in [5.74, 6) is -1.86. The lowest BCUT2D eigenvalue weighted by atomic mass is 9.81. The molecule has 0 unspecified atom stereocenters. The number of halogens is 4. The summed E-state index contributed by atoms with van der Waals surface area (Å²) in [4.78, 5) is 14.7. The number of hydrogen-bond acceptors (Lipinski definition) is 2. The molecule has 0 amide bonds. The molecule has 0 aromatic heterocycles. The van der Waals surface area contributed by atoms with Crippen LogP contribution in [0.3, 0.4) is 0 Å². The van der Waals surface area contributed by atoms with Crippen LogP contribution in [0.25, 0.3) is 0 Å². The molecule has 0 bridgehead atoms. The number of Topliss-reactive ketones (excluding diaryl/α,β-unsaturated/α-hetero) is 1. The fraction of sp³-hybridized carbons (Fsp3) is 0.240. The molecule has 0 saturated heterocycles. The lowest BCUT2D eigenvalue weighted by Crippen LogP contribution is -2.29. The van der Waals surface area contributed by atoms with E-state index in [0.717, 1.165) is 11.1 Å². The first-order valence-electron chi connectivity index (χ1n) is 10.1. The maximum Gasteiger partial charge on any atom is 0.395 e. The van der Waals surface area contributed by atoms with Gasteiger partial charge in [0.25, 0.3) is 0 Å². The van der Waals surface area contributed by atoms with Crippen molar-refractivity contribution >= 4 is 27.4 Å². The largest absolute Gasteiger partial charge is 0.395 e. The summed E-state index contributed by atoms with van der Waals surface area (Å²) in [5, 5.41) is 0. The number of carbonyl (C=O) groups excluding carboxylic acids is 1. The molecule has 1 aliphatic carbocycles. The molecule has 0 spiro atoms. The van der Waals surface area contributed by atoms with Gasteiger partial charge < -0.3 is 4.90 Å². The number of alkyl halides is 3. The van der Waals surface area contributed by atoms with Crippen molar-refractivity contribution < 1.29 is 18.0 Å². The molecule has 31 heavy (non-hydrogen) atoms. The van der Waals surface area contributed by atoms with Gasteiger partial charge in [0.05, 0.1) is 16.1 Å². The van der Waals surface area contributed by atoms with E-state index in [1.807, 2.05) is 60.7 Å². The van der Waals surface area contributed by atoms with E-state index < -0.39 is 12.1 Å². The minimum Gasteiger partial charge on any atom is -0.362 e. The molecular formula is C25H21BrF3NO. The summed E-state index contributed by atoms with van der Waals surface area (Å²) >= 11 is 3.50. The van der Waals surface area contributed by atoms with Gasteiger partial charge in [-0.1, -0.05) is 66.7 Å². The number of hydrogen-bond donors (Lipinski definition) is 0. The van der Waals surface area contributed by atoms with Gasteiger partial charge in [-0.2, -0.15) is 13.2 Å². The molecular weight excluding hydrogens is 467 g/mol. The van der Waals surface area contributed by atoms with E-state index in [9.17, 15) is 18.0 Å². The first kappa shape index (κ1) is 21.6. The summed E-state index contributed by atoms with van der Waals surface area (Å²) in [6, 6.07) is 22.9. The molecule has 1 aliphatic rings. The smallest absolute Gasteiger partial charge is 0.362 e. The number of ketones is 1. The van der Waals surface area contributed by atoms with E-state index in [4.69, 9.17) is 0 Å². The second-order valence-electron chi connectivity index (χ2n) is 7.75. The Balaban J connectivity index is 1.78. The Labute approximate surface area is 187 Å². The highest BCUT2D eigenvalue weighted by molar-refractivity contribution is 9.10. The van der Waals surface area contributed by atoms with Crippen molar-refractivity contribution in [2.75, 3.05) is 4.90 Å². The number of anilines is 1. The predicted octanol–water partition coefficient (Wildman–Crippen LogP) is 7.28. The van der Waals surface area contributed by atoms with Gasteiger partial charge in [0, 0.05) is 25.1 Å². The van der Waals surface area contributed by atoms with Gasteiger partial charge >= 0.3 is 6.18 Å². The van der Waals surface area contributed by atoms with Gasteiger partial charge in [-0.15, -0.1) is 0 Å². The van der Waals surface area contributed by atoms with Gasteiger partial charge in [-0.3, -0.25) is 4.79 Å². The third kappa shape index (κ3) is 4.69. The zero-order chi connectivity index (χ0) is 22.0. The monoisotopic (exact) mass is 487 g/mol. The number of carbonyl (C=O) groups is 1. The minimum absolute atomic E-state index is 0.0683. The number of nitrogens with zero attached hydrogens (tertiary/aromatic N) is 1. The van der Waals surface area contributed by atoms with E-state index >= 15 is 0 Å². The second kappa shape index (κ2) is 8.87. The molecule has 3 aromatic rings.